The van der Waals surface area contributed by atoms with Crippen molar-refractivity contribution in [2.24, 2.45) is 0 Å². The summed E-state index contributed by atoms with van der Waals surface area (Å²) in [6.45, 7) is 2.19. The van der Waals surface area contributed by atoms with Crippen LogP contribution in [0.4, 0.5) is 0 Å². The predicted molar refractivity (Wildman–Crippen MR) is 68.7 cm³/mol. The molecule has 0 atom stereocenters. The van der Waals surface area contributed by atoms with Crippen LogP contribution < -0.4 is 0 Å². The third-order valence-electron chi connectivity index (χ3n) is 2.52. The highest BCUT2D eigenvalue weighted by atomic mass is 16.1. The predicted octanol–water partition coefficient (Wildman–Crippen LogP) is 4.40. The molecule has 0 aromatic heterocycles. The van der Waals surface area contributed by atoms with Crippen LogP contribution in [0.15, 0.2) is 42.5 Å². The van der Waals surface area contributed by atoms with Gasteiger partial charge in [-0.15, -0.1) is 0 Å². The van der Waals surface area contributed by atoms with E-state index in [1.54, 1.807) is 0 Å². The molecule has 16 heavy (non-hydrogen) atoms. The Morgan fingerprint density at radius 1 is 1.12 bits per heavy atom. The fraction of sp³-hybridized carbons (Fsp3) is 0.400. The number of benzene rings is 1. The van der Waals surface area contributed by atoms with Crippen molar-refractivity contribution >= 4 is 5.78 Å². The molecule has 1 heteroatoms. The Morgan fingerprint density at radius 3 is 2.50 bits per heavy atom. The number of hydrogen-bond donors (Lipinski definition) is 0. The van der Waals surface area contributed by atoms with Gasteiger partial charge >= 0.3 is 0 Å². The lowest BCUT2D eigenvalue weighted by Gasteiger charge is -1.97. The molecule has 86 valence electrons. The standard InChI is InChI=1S/C15H20O/c1-2-3-4-5-6-10-13-15(16)14-11-8-7-9-12-14/h5-9,11-12H,2-4,10,13H2,1H3/b6-5+. The van der Waals surface area contributed by atoms with E-state index in [1.165, 1.54) is 12.8 Å². The lowest BCUT2D eigenvalue weighted by molar-refractivity contribution is 0.0983. The van der Waals surface area contributed by atoms with Gasteiger partial charge in [-0.25, -0.2) is 0 Å². The summed E-state index contributed by atoms with van der Waals surface area (Å²) in [4.78, 5) is 11.7. The number of Topliss-reactive ketones (excluding diaryl/α,β-unsaturated/α-hetero) is 1. The Bertz CT molecular complexity index is 325. The summed E-state index contributed by atoms with van der Waals surface area (Å²) in [6.07, 6.45) is 9.38. The van der Waals surface area contributed by atoms with E-state index in [0.29, 0.717) is 6.42 Å². The average Bonchev–Trinajstić information content (AvgIpc) is 2.34. The van der Waals surface area contributed by atoms with Crippen LogP contribution in [0.5, 0.6) is 0 Å². The Morgan fingerprint density at radius 2 is 1.81 bits per heavy atom. The van der Waals surface area contributed by atoms with E-state index in [4.69, 9.17) is 0 Å². The minimum atomic E-state index is 0.237. The normalized spacial score (nSPS) is 10.8. The molecule has 0 saturated heterocycles. The van der Waals surface area contributed by atoms with E-state index in [1.807, 2.05) is 30.3 Å². The van der Waals surface area contributed by atoms with Crippen molar-refractivity contribution in [3.05, 3.63) is 48.0 Å². The van der Waals surface area contributed by atoms with Crippen LogP contribution in [0.1, 0.15) is 49.4 Å². The van der Waals surface area contributed by atoms with Gasteiger partial charge in [0.05, 0.1) is 0 Å². The van der Waals surface area contributed by atoms with Crippen molar-refractivity contribution in [1.82, 2.24) is 0 Å². The number of carbonyl (C=O) groups is 1. The molecule has 0 aliphatic heterocycles. The van der Waals surface area contributed by atoms with Gasteiger partial charge in [-0.1, -0.05) is 62.2 Å². The van der Waals surface area contributed by atoms with Crippen molar-refractivity contribution in [3.63, 3.8) is 0 Å². The second-order valence-corrected chi connectivity index (χ2v) is 3.94. The van der Waals surface area contributed by atoms with Gasteiger partial charge in [-0.05, 0) is 12.8 Å². The summed E-state index contributed by atoms with van der Waals surface area (Å²) in [7, 11) is 0. The molecule has 0 aliphatic rings. The maximum atomic E-state index is 11.7. The third-order valence-corrected chi connectivity index (χ3v) is 2.52. The van der Waals surface area contributed by atoms with Crippen molar-refractivity contribution in [1.29, 1.82) is 0 Å². The number of unbranched alkanes of at least 4 members (excludes halogenated alkanes) is 2. The first-order valence-corrected chi connectivity index (χ1v) is 6.08. The molecule has 1 aromatic carbocycles. The van der Waals surface area contributed by atoms with Gasteiger partial charge in [0.25, 0.3) is 0 Å². The highest BCUT2D eigenvalue weighted by molar-refractivity contribution is 5.96. The molecule has 0 heterocycles. The summed E-state index contributed by atoms with van der Waals surface area (Å²) in [5, 5.41) is 0. The molecule has 0 radical (unpaired) electrons. The smallest absolute Gasteiger partial charge is 0.163 e. The van der Waals surface area contributed by atoms with Gasteiger partial charge in [0.1, 0.15) is 0 Å². The Labute approximate surface area is 98.2 Å². The molecule has 0 saturated carbocycles. The highest BCUT2D eigenvalue weighted by Crippen LogP contribution is 2.06. The van der Waals surface area contributed by atoms with Crippen molar-refractivity contribution in [2.45, 2.75) is 39.0 Å². The summed E-state index contributed by atoms with van der Waals surface area (Å²) in [5.41, 5.74) is 0.824. The van der Waals surface area contributed by atoms with E-state index in [-0.39, 0.29) is 5.78 Å². The first-order valence-electron chi connectivity index (χ1n) is 6.08. The minimum Gasteiger partial charge on any atom is -0.294 e. The van der Waals surface area contributed by atoms with Gasteiger partial charge < -0.3 is 0 Å². The molecule has 0 aliphatic carbocycles. The molecule has 0 unspecified atom stereocenters. The number of carbonyl (C=O) groups excluding carboxylic acids is 1. The van der Waals surface area contributed by atoms with E-state index in [9.17, 15) is 4.79 Å². The zero-order chi connectivity index (χ0) is 11.6. The number of allylic oxidation sites excluding steroid dienone is 2. The molecule has 1 aromatic rings. The number of rotatable bonds is 7. The SMILES string of the molecule is CCCC/C=C/CCC(=O)c1ccccc1. The topological polar surface area (TPSA) is 17.1 Å². The van der Waals surface area contributed by atoms with Crippen LogP contribution >= 0.6 is 0 Å². The van der Waals surface area contributed by atoms with Crippen LogP contribution in [-0.4, -0.2) is 5.78 Å². The molecule has 0 spiro atoms. The van der Waals surface area contributed by atoms with Gasteiger partial charge in [0.2, 0.25) is 0 Å². The molecule has 1 rings (SSSR count). The highest BCUT2D eigenvalue weighted by Gasteiger charge is 2.02. The van der Waals surface area contributed by atoms with Gasteiger partial charge in [0, 0.05) is 12.0 Å². The summed E-state index contributed by atoms with van der Waals surface area (Å²) in [5.74, 6) is 0.237. The fourth-order valence-electron chi connectivity index (χ4n) is 1.54. The van der Waals surface area contributed by atoms with Crippen LogP contribution in [0.3, 0.4) is 0 Å². The van der Waals surface area contributed by atoms with Crippen molar-refractivity contribution in [3.8, 4) is 0 Å². The van der Waals surface area contributed by atoms with Crippen LogP contribution in [-0.2, 0) is 0 Å². The van der Waals surface area contributed by atoms with E-state index >= 15 is 0 Å². The lowest BCUT2D eigenvalue weighted by atomic mass is 10.1. The van der Waals surface area contributed by atoms with Crippen molar-refractivity contribution < 1.29 is 4.79 Å². The molecule has 0 bridgehead atoms. The van der Waals surface area contributed by atoms with Crippen LogP contribution in [0.25, 0.3) is 0 Å². The first-order chi connectivity index (χ1) is 7.84. The van der Waals surface area contributed by atoms with Gasteiger partial charge in [-0.2, -0.15) is 0 Å². The average molecular weight is 216 g/mol. The quantitative estimate of drug-likeness (QED) is 0.375. The van der Waals surface area contributed by atoms with E-state index < -0.39 is 0 Å². The van der Waals surface area contributed by atoms with Crippen molar-refractivity contribution in [2.75, 3.05) is 0 Å². The second kappa shape index (κ2) is 7.86. The van der Waals surface area contributed by atoms with Crippen LogP contribution in [0.2, 0.25) is 0 Å². The van der Waals surface area contributed by atoms with E-state index in [2.05, 4.69) is 19.1 Å². The number of ketones is 1. The monoisotopic (exact) mass is 216 g/mol. The Kier molecular flexibility index (Phi) is 6.24. The molecule has 1 nitrogen and oxygen atoms in total. The molecule has 0 N–H and O–H groups in total. The third kappa shape index (κ3) is 4.92. The zero-order valence-electron chi connectivity index (χ0n) is 9.99. The largest absolute Gasteiger partial charge is 0.294 e. The molecule has 0 amide bonds. The molecule has 0 fully saturated rings. The lowest BCUT2D eigenvalue weighted by Crippen LogP contribution is -1.97. The Hall–Kier alpha value is -1.37. The van der Waals surface area contributed by atoms with Crippen LogP contribution in [0, 0.1) is 0 Å². The first kappa shape index (κ1) is 12.7. The fourth-order valence-corrected chi connectivity index (χ4v) is 1.54. The minimum absolute atomic E-state index is 0.237. The second-order valence-electron chi connectivity index (χ2n) is 3.94. The summed E-state index contributed by atoms with van der Waals surface area (Å²) in [6, 6.07) is 9.50. The maximum Gasteiger partial charge on any atom is 0.163 e. The molecular weight excluding hydrogens is 196 g/mol. The number of hydrogen-bond acceptors (Lipinski definition) is 1. The summed E-state index contributed by atoms with van der Waals surface area (Å²) < 4.78 is 0. The summed E-state index contributed by atoms with van der Waals surface area (Å²) >= 11 is 0. The Balaban J connectivity index is 2.23. The molecular formula is C15H20O. The van der Waals surface area contributed by atoms with E-state index in [0.717, 1.165) is 18.4 Å². The van der Waals surface area contributed by atoms with Gasteiger partial charge in [-0.3, -0.25) is 4.79 Å². The zero-order valence-corrected chi connectivity index (χ0v) is 9.99. The maximum absolute atomic E-state index is 11.7. The van der Waals surface area contributed by atoms with Gasteiger partial charge in [0.15, 0.2) is 5.78 Å².